The van der Waals surface area contributed by atoms with Gasteiger partial charge in [0.25, 0.3) is 5.91 Å². The van der Waals surface area contributed by atoms with E-state index in [1.807, 2.05) is 0 Å². The Balaban J connectivity index is 2.50. The molecule has 0 aliphatic heterocycles. The number of phenols is 2. The van der Waals surface area contributed by atoms with Gasteiger partial charge in [0.05, 0.1) is 31.5 Å². The third kappa shape index (κ3) is 15.4. The lowest BCUT2D eigenvalue weighted by atomic mass is 10.1. The van der Waals surface area contributed by atoms with Crippen LogP contribution < -0.4 is 10.6 Å². The zero-order chi connectivity index (χ0) is 32.4. The van der Waals surface area contributed by atoms with Gasteiger partial charge < -0.3 is 30.3 Å². The Labute approximate surface area is 247 Å². The van der Waals surface area contributed by atoms with E-state index in [1.54, 1.807) is 4.90 Å². The molecule has 0 saturated carbocycles. The van der Waals surface area contributed by atoms with Gasteiger partial charge in [-0.2, -0.15) is 0 Å². The van der Waals surface area contributed by atoms with Crippen molar-refractivity contribution in [3.8, 4) is 11.5 Å². The first-order valence-corrected chi connectivity index (χ1v) is 13.3. The number of amides is 4. The van der Waals surface area contributed by atoms with Crippen LogP contribution in [0.5, 0.6) is 11.5 Å². The number of nitrogens with one attached hydrogen (secondary N) is 2. The molecule has 0 saturated heterocycles. The molecule has 17 heteroatoms. The van der Waals surface area contributed by atoms with Gasteiger partial charge in [-0.05, 0) is 12.1 Å². The van der Waals surface area contributed by atoms with Crippen molar-refractivity contribution in [1.82, 2.24) is 25.7 Å². The van der Waals surface area contributed by atoms with Crippen LogP contribution in [0.3, 0.4) is 0 Å². The van der Waals surface area contributed by atoms with Crippen LogP contribution >= 0.6 is 0 Å². The Morgan fingerprint density at radius 1 is 0.721 bits per heavy atom. The van der Waals surface area contributed by atoms with Crippen molar-refractivity contribution in [1.29, 1.82) is 0 Å². The van der Waals surface area contributed by atoms with E-state index < -0.39 is 41.2 Å². The van der Waals surface area contributed by atoms with Crippen LogP contribution in [0, 0.1) is 0 Å². The molecule has 17 nitrogen and oxygen atoms in total. The summed E-state index contributed by atoms with van der Waals surface area (Å²) in [6, 6.07) is 3.95. The van der Waals surface area contributed by atoms with E-state index in [4.69, 9.17) is 9.47 Å². The molecule has 0 atom stereocenters. The van der Waals surface area contributed by atoms with E-state index >= 15 is 0 Å². The van der Waals surface area contributed by atoms with E-state index in [-0.39, 0.29) is 89.8 Å². The minimum absolute atomic E-state index is 0.000642. The average Bonchev–Trinajstić information content (AvgIpc) is 2.96. The maximum Gasteiger partial charge on any atom is 0.307 e. The second kappa shape index (κ2) is 19.6. The van der Waals surface area contributed by atoms with Crippen LogP contribution in [0.1, 0.15) is 43.5 Å². The summed E-state index contributed by atoms with van der Waals surface area (Å²) in [7, 11) is 0. The van der Waals surface area contributed by atoms with Crippen LogP contribution in [0.15, 0.2) is 18.2 Å². The third-order valence-corrected chi connectivity index (χ3v) is 5.77. The van der Waals surface area contributed by atoms with Crippen molar-refractivity contribution in [2.24, 2.45) is 0 Å². The number of nitrogens with zero attached hydrogens (tertiary/aromatic N) is 3. The molecule has 6 N–H and O–H groups in total. The minimum Gasteiger partial charge on any atom is -0.504 e. The number of phenolic OH excluding ortho intramolecular Hbond substituents is 2. The van der Waals surface area contributed by atoms with E-state index in [2.05, 4.69) is 10.6 Å². The maximum absolute atomic E-state index is 12.3. The fourth-order valence-electron chi connectivity index (χ4n) is 3.30. The first-order chi connectivity index (χ1) is 20.3. The van der Waals surface area contributed by atoms with Crippen LogP contribution in [0.25, 0.3) is 0 Å². The van der Waals surface area contributed by atoms with Gasteiger partial charge in [0.1, 0.15) is 13.2 Å². The predicted molar refractivity (Wildman–Crippen MR) is 146 cm³/mol. The minimum atomic E-state index is -0.662. The summed E-state index contributed by atoms with van der Waals surface area (Å²) < 4.78 is 10.2. The Morgan fingerprint density at radius 2 is 1.23 bits per heavy atom. The van der Waals surface area contributed by atoms with Crippen LogP contribution in [-0.4, -0.2) is 130 Å². The molecule has 0 spiro atoms. The van der Waals surface area contributed by atoms with E-state index in [0.717, 1.165) is 13.8 Å². The molecule has 4 amide bonds. The maximum atomic E-state index is 12.3. The monoisotopic (exact) mass is 613 g/mol. The standard InChI is InChI=1S/C26H39N5O12/c1-18(32)30(40)12-7-23(36)42-16-14-29(15-17-43-24(37)8-13-31(41)19(2)33)11-6-22(35)27-9-10-28-26(39)20-4-3-5-21(34)25(20)38/h3-5,34,38,40-41H,6-17H2,1-2H3,(H,27,35)(H,28,39). The SMILES string of the molecule is CC(=O)N(O)CCC(=O)OCCN(CCOC(=O)CCN(O)C(C)=O)CCC(=O)NCCNC(=O)c1cccc(O)c1O. The van der Waals surface area contributed by atoms with Crippen molar-refractivity contribution in [3.05, 3.63) is 23.8 Å². The summed E-state index contributed by atoms with van der Waals surface area (Å²) in [5.41, 5.74) is -0.122. The predicted octanol–water partition coefficient (Wildman–Crippen LogP) is -1.02. The van der Waals surface area contributed by atoms with Gasteiger partial charge in [-0.3, -0.25) is 44.1 Å². The van der Waals surface area contributed by atoms with Crippen molar-refractivity contribution in [3.63, 3.8) is 0 Å². The van der Waals surface area contributed by atoms with Crippen LogP contribution in [0.4, 0.5) is 0 Å². The highest BCUT2D eigenvalue weighted by molar-refractivity contribution is 5.97. The summed E-state index contributed by atoms with van der Waals surface area (Å²) in [6.07, 6.45) is -0.473. The molecule has 0 bridgehead atoms. The summed E-state index contributed by atoms with van der Waals surface area (Å²) in [5.74, 6) is -4.58. The van der Waals surface area contributed by atoms with Gasteiger partial charge in [0, 0.05) is 53.0 Å². The van der Waals surface area contributed by atoms with Gasteiger partial charge in [0.15, 0.2) is 11.5 Å². The second-order valence-electron chi connectivity index (χ2n) is 9.10. The van der Waals surface area contributed by atoms with Gasteiger partial charge in [-0.1, -0.05) is 6.07 Å². The number of hydrogen-bond acceptors (Lipinski definition) is 13. The van der Waals surface area contributed by atoms with Gasteiger partial charge in [-0.15, -0.1) is 0 Å². The highest BCUT2D eigenvalue weighted by atomic mass is 16.5. The van der Waals surface area contributed by atoms with Crippen molar-refractivity contribution < 1.29 is 58.9 Å². The average molecular weight is 614 g/mol. The zero-order valence-corrected chi connectivity index (χ0v) is 24.1. The summed E-state index contributed by atoms with van der Waals surface area (Å²) in [5, 5.41) is 43.8. The Bertz CT molecular complexity index is 1070. The molecule has 240 valence electrons. The van der Waals surface area contributed by atoms with Gasteiger partial charge in [-0.25, -0.2) is 10.1 Å². The highest BCUT2D eigenvalue weighted by Gasteiger charge is 2.15. The number of carbonyl (C=O) groups excluding carboxylic acids is 6. The molecule has 1 rings (SSSR count). The molecular formula is C26H39N5O12. The Morgan fingerprint density at radius 3 is 1.74 bits per heavy atom. The van der Waals surface area contributed by atoms with Gasteiger partial charge >= 0.3 is 11.9 Å². The molecular weight excluding hydrogens is 574 g/mol. The summed E-state index contributed by atoms with van der Waals surface area (Å²) >= 11 is 0. The molecule has 0 aliphatic rings. The van der Waals surface area contributed by atoms with E-state index in [0.29, 0.717) is 10.1 Å². The quantitative estimate of drug-likeness (QED) is 0.0361. The lowest BCUT2D eigenvalue weighted by Crippen LogP contribution is -2.38. The molecule has 0 radical (unpaired) electrons. The highest BCUT2D eigenvalue weighted by Crippen LogP contribution is 2.27. The molecule has 43 heavy (non-hydrogen) atoms. The number of aromatic hydroxyl groups is 2. The fourth-order valence-corrected chi connectivity index (χ4v) is 3.30. The number of carbonyl (C=O) groups is 6. The second-order valence-corrected chi connectivity index (χ2v) is 9.10. The molecule has 0 unspecified atom stereocenters. The van der Waals surface area contributed by atoms with E-state index in [1.165, 1.54) is 18.2 Å². The fraction of sp³-hybridized carbons (Fsp3) is 0.538. The van der Waals surface area contributed by atoms with E-state index in [9.17, 15) is 49.4 Å². The summed E-state index contributed by atoms with van der Waals surface area (Å²) in [4.78, 5) is 72.0. The first-order valence-electron chi connectivity index (χ1n) is 13.3. The zero-order valence-electron chi connectivity index (χ0n) is 24.1. The van der Waals surface area contributed by atoms with Gasteiger partial charge in [0.2, 0.25) is 17.7 Å². The third-order valence-electron chi connectivity index (χ3n) is 5.77. The largest absolute Gasteiger partial charge is 0.504 e. The number of ether oxygens (including phenoxy) is 2. The van der Waals surface area contributed by atoms with Crippen LogP contribution in [-0.2, 0) is 33.4 Å². The van der Waals surface area contributed by atoms with Crippen LogP contribution in [0.2, 0.25) is 0 Å². The Hall–Kier alpha value is -4.48. The normalized spacial score (nSPS) is 10.5. The molecule has 0 aromatic heterocycles. The first kappa shape index (κ1) is 36.5. The lowest BCUT2D eigenvalue weighted by molar-refractivity contribution is -0.166. The molecule has 1 aromatic rings. The summed E-state index contributed by atoms with van der Waals surface area (Å²) in [6.45, 7) is 2.21. The number of para-hydroxylation sites is 1. The lowest BCUT2D eigenvalue weighted by Gasteiger charge is -2.22. The number of hydrogen-bond donors (Lipinski definition) is 6. The number of hydroxylamine groups is 4. The molecule has 1 aromatic carbocycles. The molecule has 0 aliphatic carbocycles. The number of esters is 2. The van der Waals surface area contributed by atoms with Crippen molar-refractivity contribution >= 4 is 35.6 Å². The number of rotatable bonds is 19. The number of benzene rings is 1. The topological polar surface area (TPSA) is 236 Å². The molecule has 0 fully saturated rings. The van der Waals surface area contributed by atoms with Crippen molar-refractivity contribution in [2.45, 2.75) is 33.1 Å². The smallest absolute Gasteiger partial charge is 0.307 e. The molecule has 0 heterocycles. The Kier molecular flexibility index (Phi) is 16.7. The van der Waals surface area contributed by atoms with Crippen molar-refractivity contribution in [2.75, 3.05) is 59.0 Å².